The molecule has 1 aromatic rings. The molecule has 96 valence electrons. The summed E-state index contributed by atoms with van der Waals surface area (Å²) in [5.41, 5.74) is 7.40. The summed E-state index contributed by atoms with van der Waals surface area (Å²) in [6, 6.07) is 0.811. The summed E-state index contributed by atoms with van der Waals surface area (Å²) in [6.45, 7) is 10.9. The second-order valence-corrected chi connectivity index (χ2v) is 6.92. The Morgan fingerprint density at radius 3 is 2.71 bits per heavy atom. The second kappa shape index (κ2) is 4.67. The van der Waals surface area contributed by atoms with E-state index in [0.717, 1.165) is 19.5 Å². The highest BCUT2D eigenvalue weighted by Crippen LogP contribution is 2.27. The zero-order chi connectivity index (χ0) is 12.6. The third kappa shape index (κ3) is 2.87. The van der Waals surface area contributed by atoms with Crippen LogP contribution in [0.4, 0.5) is 0 Å². The lowest BCUT2D eigenvalue weighted by atomic mass is 9.98. The molecule has 2 unspecified atom stereocenters. The molecule has 4 heteroatoms. The molecule has 17 heavy (non-hydrogen) atoms. The fraction of sp³-hybridized carbons (Fsp3) is 0.769. The molecule has 0 saturated carbocycles. The lowest BCUT2D eigenvalue weighted by Crippen LogP contribution is -2.36. The van der Waals surface area contributed by atoms with Crippen molar-refractivity contribution in [3.8, 4) is 0 Å². The molecule has 1 fully saturated rings. The smallest absolute Gasteiger partial charge is 0.0982 e. The van der Waals surface area contributed by atoms with E-state index in [1.165, 1.54) is 10.7 Å². The van der Waals surface area contributed by atoms with Gasteiger partial charge in [-0.25, -0.2) is 4.98 Å². The van der Waals surface area contributed by atoms with Crippen LogP contribution >= 0.6 is 11.3 Å². The maximum atomic E-state index is 6.04. The number of thiazole rings is 1. The molecule has 0 spiro atoms. The predicted molar refractivity (Wildman–Crippen MR) is 73.3 cm³/mol. The van der Waals surface area contributed by atoms with E-state index in [2.05, 4.69) is 38.0 Å². The van der Waals surface area contributed by atoms with Gasteiger partial charge in [0.1, 0.15) is 0 Å². The summed E-state index contributed by atoms with van der Waals surface area (Å²) in [7, 11) is 0. The van der Waals surface area contributed by atoms with Gasteiger partial charge in [0.25, 0.3) is 0 Å². The zero-order valence-corrected chi connectivity index (χ0v) is 12.0. The van der Waals surface area contributed by atoms with Crippen molar-refractivity contribution in [3.05, 3.63) is 16.1 Å². The Morgan fingerprint density at radius 2 is 2.24 bits per heavy atom. The summed E-state index contributed by atoms with van der Waals surface area (Å²) in [5, 5.41) is 3.42. The van der Waals surface area contributed by atoms with Gasteiger partial charge in [-0.2, -0.15) is 0 Å². The molecule has 2 N–H and O–H groups in total. The number of nitrogens with two attached hydrogens (primary N) is 1. The summed E-state index contributed by atoms with van der Waals surface area (Å²) < 4.78 is 0. The molecule has 1 aliphatic heterocycles. The van der Waals surface area contributed by atoms with Crippen LogP contribution in [0.1, 0.15) is 44.8 Å². The number of hydrogen-bond acceptors (Lipinski definition) is 4. The van der Waals surface area contributed by atoms with Gasteiger partial charge in [0, 0.05) is 36.0 Å². The van der Waals surface area contributed by atoms with E-state index in [1.807, 2.05) is 0 Å². The molecule has 2 atom stereocenters. The Labute approximate surface area is 108 Å². The Morgan fingerprint density at radius 1 is 1.53 bits per heavy atom. The molecular weight excluding hydrogens is 230 g/mol. The molecule has 1 saturated heterocycles. The Hall–Kier alpha value is -0.450. The van der Waals surface area contributed by atoms with Gasteiger partial charge in [0.05, 0.1) is 10.7 Å². The fourth-order valence-electron chi connectivity index (χ4n) is 2.19. The standard InChI is InChI=1S/C13H23N3S/c1-9-11(14)5-6-16(9)7-10-8-17-12(15-10)13(2,3)4/h8-9,11H,5-7,14H2,1-4H3. The molecule has 0 bridgehead atoms. The van der Waals surface area contributed by atoms with Crippen molar-refractivity contribution < 1.29 is 0 Å². The van der Waals surface area contributed by atoms with Gasteiger partial charge in [-0.1, -0.05) is 20.8 Å². The van der Waals surface area contributed by atoms with Crippen molar-refractivity contribution in [2.45, 2.75) is 58.2 Å². The minimum atomic E-state index is 0.163. The average Bonchev–Trinajstić information content (AvgIpc) is 2.80. The van der Waals surface area contributed by atoms with Crippen LogP contribution in [0.25, 0.3) is 0 Å². The number of hydrogen-bond donors (Lipinski definition) is 1. The summed E-state index contributed by atoms with van der Waals surface area (Å²) >= 11 is 1.77. The highest BCUT2D eigenvalue weighted by molar-refractivity contribution is 7.09. The largest absolute Gasteiger partial charge is 0.326 e. The normalized spacial score (nSPS) is 26.6. The topological polar surface area (TPSA) is 42.1 Å². The lowest BCUT2D eigenvalue weighted by molar-refractivity contribution is 0.249. The van der Waals surface area contributed by atoms with Crippen molar-refractivity contribution in [1.82, 2.24) is 9.88 Å². The number of aromatic nitrogens is 1. The van der Waals surface area contributed by atoms with Gasteiger partial charge in [0.2, 0.25) is 0 Å². The van der Waals surface area contributed by atoms with Crippen molar-refractivity contribution in [1.29, 1.82) is 0 Å². The van der Waals surface area contributed by atoms with E-state index >= 15 is 0 Å². The third-order valence-corrected chi connectivity index (χ3v) is 4.82. The first kappa shape index (κ1) is 13.0. The average molecular weight is 253 g/mol. The van der Waals surface area contributed by atoms with Crippen LogP contribution in [-0.2, 0) is 12.0 Å². The van der Waals surface area contributed by atoms with E-state index in [9.17, 15) is 0 Å². The van der Waals surface area contributed by atoms with Gasteiger partial charge in [-0.15, -0.1) is 11.3 Å². The molecule has 2 rings (SSSR count). The first-order chi connectivity index (χ1) is 7.88. The SMILES string of the molecule is CC1C(N)CCN1Cc1csc(C(C)(C)C)n1. The Bertz CT molecular complexity index is 380. The molecular formula is C13H23N3S. The summed E-state index contributed by atoms with van der Waals surface area (Å²) in [4.78, 5) is 7.18. The molecule has 0 radical (unpaired) electrons. The molecule has 2 heterocycles. The molecule has 0 amide bonds. The van der Waals surface area contributed by atoms with Gasteiger partial charge < -0.3 is 5.73 Å². The van der Waals surface area contributed by atoms with Gasteiger partial charge in [-0.05, 0) is 13.3 Å². The molecule has 1 aromatic heterocycles. The van der Waals surface area contributed by atoms with E-state index in [0.29, 0.717) is 12.1 Å². The van der Waals surface area contributed by atoms with Crippen LogP contribution in [0.2, 0.25) is 0 Å². The van der Waals surface area contributed by atoms with Crippen molar-refractivity contribution in [2.75, 3.05) is 6.54 Å². The third-order valence-electron chi connectivity index (χ3n) is 3.50. The summed E-state index contributed by atoms with van der Waals surface area (Å²) in [6.07, 6.45) is 1.11. The van der Waals surface area contributed by atoms with Gasteiger partial charge in [0.15, 0.2) is 0 Å². The van der Waals surface area contributed by atoms with E-state index in [-0.39, 0.29) is 5.41 Å². The van der Waals surface area contributed by atoms with Crippen molar-refractivity contribution in [3.63, 3.8) is 0 Å². The van der Waals surface area contributed by atoms with Crippen LogP contribution in [0.3, 0.4) is 0 Å². The van der Waals surface area contributed by atoms with E-state index in [1.54, 1.807) is 11.3 Å². The summed E-state index contributed by atoms with van der Waals surface area (Å²) in [5.74, 6) is 0. The Kier molecular flexibility index (Phi) is 3.57. The minimum absolute atomic E-state index is 0.163. The van der Waals surface area contributed by atoms with Crippen LogP contribution in [0, 0.1) is 0 Å². The Balaban J connectivity index is 2.03. The van der Waals surface area contributed by atoms with E-state index < -0.39 is 0 Å². The van der Waals surface area contributed by atoms with Crippen LogP contribution in [0.5, 0.6) is 0 Å². The lowest BCUT2D eigenvalue weighted by Gasteiger charge is -2.21. The predicted octanol–water partition coefficient (Wildman–Crippen LogP) is 2.36. The van der Waals surface area contributed by atoms with Crippen LogP contribution in [0.15, 0.2) is 5.38 Å². The first-order valence-electron chi connectivity index (χ1n) is 6.32. The molecule has 0 aliphatic carbocycles. The maximum Gasteiger partial charge on any atom is 0.0982 e. The maximum absolute atomic E-state index is 6.04. The van der Waals surface area contributed by atoms with Crippen LogP contribution in [-0.4, -0.2) is 28.5 Å². The quantitative estimate of drug-likeness (QED) is 0.880. The monoisotopic (exact) mass is 253 g/mol. The number of likely N-dealkylation sites (tertiary alicyclic amines) is 1. The zero-order valence-electron chi connectivity index (χ0n) is 11.2. The molecule has 1 aliphatic rings. The molecule has 0 aromatic carbocycles. The van der Waals surface area contributed by atoms with Crippen molar-refractivity contribution >= 4 is 11.3 Å². The number of rotatable bonds is 2. The highest BCUT2D eigenvalue weighted by atomic mass is 32.1. The van der Waals surface area contributed by atoms with E-state index in [4.69, 9.17) is 10.7 Å². The first-order valence-corrected chi connectivity index (χ1v) is 7.20. The van der Waals surface area contributed by atoms with Crippen molar-refractivity contribution in [2.24, 2.45) is 5.73 Å². The van der Waals surface area contributed by atoms with Gasteiger partial charge >= 0.3 is 0 Å². The highest BCUT2D eigenvalue weighted by Gasteiger charge is 2.28. The minimum Gasteiger partial charge on any atom is -0.326 e. The second-order valence-electron chi connectivity index (χ2n) is 6.06. The van der Waals surface area contributed by atoms with Gasteiger partial charge in [-0.3, -0.25) is 4.90 Å². The fourth-order valence-corrected chi connectivity index (χ4v) is 3.08. The van der Waals surface area contributed by atoms with Crippen LogP contribution < -0.4 is 5.73 Å². The number of nitrogens with zero attached hydrogens (tertiary/aromatic N) is 2. The molecule has 3 nitrogen and oxygen atoms in total.